The second-order valence-corrected chi connectivity index (χ2v) is 5.65. The average molecular weight is 315 g/mol. The molecule has 0 N–H and O–H groups in total. The van der Waals surface area contributed by atoms with Crippen molar-refractivity contribution in [2.75, 3.05) is 26.3 Å². The van der Waals surface area contributed by atoms with Crippen LogP contribution >= 0.6 is 0 Å². The first-order chi connectivity index (χ1) is 11.2. The van der Waals surface area contributed by atoms with Crippen molar-refractivity contribution in [3.8, 4) is 0 Å². The summed E-state index contributed by atoms with van der Waals surface area (Å²) in [6, 6.07) is 5.65. The molecule has 2 heterocycles. The maximum atomic E-state index is 13.0. The fraction of sp³-hybridized carbons (Fsp3) is 0.353. The van der Waals surface area contributed by atoms with Crippen LogP contribution in [0.3, 0.4) is 0 Å². The van der Waals surface area contributed by atoms with E-state index >= 15 is 0 Å². The molecule has 6 heteroatoms. The molecule has 5 nitrogen and oxygen atoms in total. The van der Waals surface area contributed by atoms with E-state index in [0.29, 0.717) is 31.9 Å². The van der Waals surface area contributed by atoms with E-state index in [9.17, 15) is 9.18 Å². The fourth-order valence-electron chi connectivity index (χ4n) is 2.73. The summed E-state index contributed by atoms with van der Waals surface area (Å²) in [6.45, 7) is 2.25. The Bertz CT molecular complexity index is 649. The van der Waals surface area contributed by atoms with Gasteiger partial charge in [-0.2, -0.15) is 0 Å². The number of carbonyl (C=O) groups excluding carboxylic acids is 1. The fourth-order valence-corrected chi connectivity index (χ4v) is 2.73. The number of ether oxygens (including phenoxy) is 1. The van der Waals surface area contributed by atoms with E-state index in [1.54, 1.807) is 17.3 Å². The Morgan fingerprint density at radius 2 is 2.00 bits per heavy atom. The zero-order valence-electron chi connectivity index (χ0n) is 12.7. The lowest BCUT2D eigenvalue weighted by Crippen LogP contribution is -2.36. The van der Waals surface area contributed by atoms with Gasteiger partial charge in [0.05, 0.1) is 13.2 Å². The highest BCUT2D eigenvalue weighted by atomic mass is 19.1. The average Bonchev–Trinajstić information content (AvgIpc) is 2.81. The summed E-state index contributed by atoms with van der Waals surface area (Å²) < 4.78 is 18.6. The van der Waals surface area contributed by atoms with Crippen molar-refractivity contribution in [2.45, 2.75) is 6.42 Å². The molecule has 0 radical (unpaired) electrons. The highest BCUT2D eigenvalue weighted by molar-refractivity contribution is 5.94. The molecule has 1 fully saturated rings. The van der Waals surface area contributed by atoms with Crippen LogP contribution in [0.2, 0.25) is 0 Å². The van der Waals surface area contributed by atoms with E-state index in [1.807, 2.05) is 0 Å². The van der Waals surface area contributed by atoms with Gasteiger partial charge in [-0.05, 0) is 36.2 Å². The molecular formula is C17H18FN3O2. The Kier molecular flexibility index (Phi) is 4.92. The van der Waals surface area contributed by atoms with Gasteiger partial charge < -0.3 is 9.64 Å². The van der Waals surface area contributed by atoms with Crippen LogP contribution < -0.4 is 0 Å². The number of aromatic nitrogens is 2. The molecule has 1 aliphatic heterocycles. The van der Waals surface area contributed by atoms with Gasteiger partial charge >= 0.3 is 0 Å². The smallest absolute Gasteiger partial charge is 0.253 e. The van der Waals surface area contributed by atoms with Crippen LogP contribution in [-0.4, -0.2) is 47.1 Å². The van der Waals surface area contributed by atoms with Crippen LogP contribution in [0.15, 0.2) is 43.0 Å². The van der Waals surface area contributed by atoms with Gasteiger partial charge in [0.1, 0.15) is 12.1 Å². The summed E-state index contributed by atoms with van der Waals surface area (Å²) >= 11 is 0. The molecule has 1 aromatic carbocycles. The van der Waals surface area contributed by atoms with E-state index in [1.165, 1.54) is 30.6 Å². The topological polar surface area (TPSA) is 55.3 Å². The van der Waals surface area contributed by atoms with Gasteiger partial charge in [0.25, 0.3) is 5.91 Å². The van der Waals surface area contributed by atoms with Crippen molar-refractivity contribution in [1.29, 1.82) is 0 Å². The Morgan fingerprint density at radius 3 is 2.74 bits per heavy atom. The van der Waals surface area contributed by atoms with E-state index in [0.717, 1.165) is 12.0 Å². The summed E-state index contributed by atoms with van der Waals surface area (Å²) in [7, 11) is 0. The van der Waals surface area contributed by atoms with Crippen LogP contribution in [0, 0.1) is 11.7 Å². The van der Waals surface area contributed by atoms with Gasteiger partial charge in [-0.15, -0.1) is 0 Å². The first-order valence-electron chi connectivity index (χ1n) is 7.59. The lowest BCUT2D eigenvalue weighted by atomic mass is 10.0. The number of carbonyl (C=O) groups is 1. The standard InChI is InChI=1S/C17H18FN3O2/c18-16-3-1-15(2-4-16)17(22)21-5-6-23-11-14(10-21)7-13-8-19-12-20-9-13/h1-4,8-9,12,14H,5-7,10-11H2/t14-/m1/s1. The number of hydrogen-bond donors (Lipinski definition) is 0. The molecule has 3 rings (SSSR count). The molecule has 1 aliphatic rings. The van der Waals surface area contributed by atoms with Crippen LogP contribution in [0.5, 0.6) is 0 Å². The number of nitrogens with zero attached hydrogens (tertiary/aromatic N) is 3. The van der Waals surface area contributed by atoms with Crippen molar-refractivity contribution >= 4 is 5.91 Å². The number of hydrogen-bond acceptors (Lipinski definition) is 4. The van der Waals surface area contributed by atoms with Crippen molar-refractivity contribution in [2.24, 2.45) is 5.92 Å². The monoisotopic (exact) mass is 315 g/mol. The number of amides is 1. The van der Waals surface area contributed by atoms with Crippen molar-refractivity contribution in [1.82, 2.24) is 14.9 Å². The lowest BCUT2D eigenvalue weighted by Gasteiger charge is -2.23. The molecule has 2 aromatic rings. The summed E-state index contributed by atoms with van der Waals surface area (Å²) in [5, 5.41) is 0. The Balaban J connectivity index is 1.69. The Morgan fingerprint density at radius 1 is 1.26 bits per heavy atom. The Labute approximate surface area is 134 Å². The minimum absolute atomic E-state index is 0.0928. The first-order valence-corrected chi connectivity index (χ1v) is 7.59. The second kappa shape index (κ2) is 7.28. The normalized spacial score (nSPS) is 18.5. The van der Waals surface area contributed by atoms with E-state index in [4.69, 9.17) is 4.74 Å². The minimum Gasteiger partial charge on any atom is -0.379 e. The molecule has 23 heavy (non-hydrogen) atoms. The Hall–Kier alpha value is -2.34. The number of benzene rings is 1. The van der Waals surface area contributed by atoms with E-state index < -0.39 is 0 Å². The highest BCUT2D eigenvalue weighted by Crippen LogP contribution is 2.15. The second-order valence-electron chi connectivity index (χ2n) is 5.65. The van der Waals surface area contributed by atoms with Crippen molar-refractivity contribution in [3.05, 3.63) is 59.9 Å². The minimum atomic E-state index is -0.345. The maximum absolute atomic E-state index is 13.0. The van der Waals surface area contributed by atoms with Crippen LogP contribution in [-0.2, 0) is 11.2 Å². The van der Waals surface area contributed by atoms with E-state index in [-0.39, 0.29) is 17.6 Å². The predicted molar refractivity (Wildman–Crippen MR) is 82.3 cm³/mol. The molecule has 1 amide bonds. The third kappa shape index (κ3) is 4.10. The molecule has 0 spiro atoms. The summed E-state index contributed by atoms with van der Waals surface area (Å²) in [6.07, 6.45) is 5.82. The maximum Gasteiger partial charge on any atom is 0.253 e. The molecule has 0 saturated carbocycles. The highest BCUT2D eigenvalue weighted by Gasteiger charge is 2.23. The third-order valence-electron chi connectivity index (χ3n) is 3.85. The summed E-state index contributed by atoms with van der Waals surface area (Å²) in [5.74, 6) is -0.250. The number of halogens is 1. The predicted octanol–water partition coefficient (Wildman–Crippen LogP) is 1.95. The van der Waals surface area contributed by atoms with Gasteiger partial charge in [0.15, 0.2) is 0 Å². The SMILES string of the molecule is O=C(c1ccc(F)cc1)N1CCOC[C@H](Cc2cncnc2)C1. The van der Waals surface area contributed by atoms with Gasteiger partial charge in [0.2, 0.25) is 0 Å². The zero-order chi connectivity index (χ0) is 16.1. The van der Waals surface area contributed by atoms with Gasteiger partial charge in [-0.25, -0.2) is 14.4 Å². The molecule has 1 atom stereocenters. The molecule has 0 bridgehead atoms. The zero-order valence-corrected chi connectivity index (χ0v) is 12.7. The molecule has 0 unspecified atom stereocenters. The summed E-state index contributed by atoms with van der Waals surface area (Å²) in [5.41, 5.74) is 1.52. The van der Waals surface area contributed by atoms with Gasteiger partial charge in [0, 0.05) is 37.0 Å². The quantitative estimate of drug-likeness (QED) is 0.869. The molecule has 0 aliphatic carbocycles. The number of rotatable bonds is 3. The van der Waals surface area contributed by atoms with Crippen molar-refractivity contribution in [3.63, 3.8) is 0 Å². The molecule has 120 valence electrons. The first kappa shape index (κ1) is 15.6. The molecule has 1 aromatic heterocycles. The summed E-state index contributed by atoms with van der Waals surface area (Å²) in [4.78, 5) is 22.4. The molecule has 1 saturated heterocycles. The molecular weight excluding hydrogens is 297 g/mol. The third-order valence-corrected chi connectivity index (χ3v) is 3.85. The largest absolute Gasteiger partial charge is 0.379 e. The van der Waals surface area contributed by atoms with Gasteiger partial charge in [-0.3, -0.25) is 4.79 Å². The van der Waals surface area contributed by atoms with Crippen LogP contribution in [0.4, 0.5) is 4.39 Å². The van der Waals surface area contributed by atoms with Crippen molar-refractivity contribution < 1.29 is 13.9 Å². The van der Waals surface area contributed by atoms with Gasteiger partial charge in [-0.1, -0.05) is 0 Å². The van der Waals surface area contributed by atoms with E-state index in [2.05, 4.69) is 9.97 Å². The van der Waals surface area contributed by atoms with Crippen LogP contribution in [0.25, 0.3) is 0 Å². The lowest BCUT2D eigenvalue weighted by molar-refractivity contribution is 0.0737. The van der Waals surface area contributed by atoms with Crippen LogP contribution in [0.1, 0.15) is 15.9 Å².